The van der Waals surface area contributed by atoms with E-state index in [0.717, 1.165) is 37.0 Å². The van der Waals surface area contributed by atoms with Gasteiger partial charge in [0.15, 0.2) is 0 Å². The van der Waals surface area contributed by atoms with Crippen molar-refractivity contribution >= 4 is 11.6 Å². The molecule has 1 saturated carbocycles. The summed E-state index contributed by atoms with van der Waals surface area (Å²) in [5.74, 6) is 1.25. The third-order valence-corrected chi connectivity index (χ3v) is 5.48. The summed E-state index contributed by atoms with van der Waals surface area (Å²) in [6, 6.07) is 2.81. The lowest BCUT2D eigenvalue weighted by molar-refractivity contribution is -0.125. The Bertz CT molecular complexity index is 892. The van der Waals surface area contributed by atoms with Crippen molar-refractivity contribution in [2.24, 2.45) is 0 Å². The predicted octanol–water partition coefficient (Wildman–Crippen LogP) is 3.49. The molecule has 152 valence electrons. The number of amides is 1. The summed E-state index contributed by atoms with van der Waals surface area (Å²) in [4.78, 5) is 25.4. The zero-order valence-electron chi connectivity index (χ0n) is 17.0. The summed E-state index contributed by atoms with van der Waals surface area (Å²) in [6.07, 6.45) is 7.91. The van der Waals surface area contributed by atoms with Crippen LogP contribution in [0.1, 0.15) is 69.4 Å². The molecule has 1 aliphatic rings. The fourth-order valence-electron chi connectivity index (χ4n) is 3.84. The molecule has 2 aromatic heterocycles. The van der Waals surface area contributed by atoms with Crippen LogP contribution in [-0.4, -0.2) is 21.7 Å². The molecular weight excluding hydrogens is 356 g/mol. The number of nitrogens with zero attached hydrogens (tertiary/aromatic N) is 2. The molecule has 0 aromatic carbocycles. The van der Waals surface area contributed by atoms with E-state index < -0.39 is 11.6 Å². The third-order valence-electron chi connectivity index (χ3n) is 5.48. The van der Waals surface area contributed by atoms with Crippen molar-refractivity contribution in [1.29, 1.82) is 0 Å². The highest BCUT2D eigenvalue weighted by Gasteiger charge is 2.23. The lowest BCUT2D eigenvalue weighted by Gasteiger charge is -2.23. The van der Waals surface area contributed by atoms with E-state index in [9.17, 15) is 9.59 Å². The van der Waals surface area contributed by atoms with Crippen LogP contribution in [-0.2, 0) is 4.79 Å². The molecule has 1 amide bonds. The number of carbonyl (C=O) groups excluding carboxylic acids is 1. The Morgan fingerprint density at radius 3 is 2.46 bits per heavy atom. The molecule has 0 bridgehead atoms. The van der Waals surface area contributed by atoms with Crippen LogP contribution in [0.3, 0.4) is 0 Å². The molecule has 1 aliphatic carbocycles. The number of nitrogen functional groups attached to an aromatic ring is 1. The van der Waals surface area contributed by atoms with Crippen molar-refractivity contribution in [2.75, 3.05) is 5.73 Å². The molecule has 7 heteroatoms. The maximum Gasteiger partial charge on any atom is 0.290 e. The standard InChI is InChI=1S/C21H30N4O3/c1-13-11-17(15(3)28-13)19-12-18(22)21(27)25(24-19)14(2)20(26)23-16-9-7-5-4-6-8-10-16/h11-12,14,16H,4-10,22H2,1-3H3,(H,23,26)/t14-/m0/s1. The van der Waals surface area contributed by atoms with Crippen LogP contribution in [0.2, 0.25) is 0 Å². The Hall–Kier alpha value is -2.57. The highest BCUT2D eigenvalue weighted by atomic mass is 16.3. The molecule has 0 aliphatic heterocycles. The summed E-state index contributed by atoms with van der Waals surface area (Å²) >= 11 is 0. The van der Waals surface area contributed by atoms with Gasteiger partial charge < -0.3 is 15.5 Å². The predicted molar refractivity (Wildman–Crippen MR) is 109 cm³/mol. The summed E-state index contributed by atoms with van der Waals surface area (Å²) < 4.78 is 6.75. The minimum atomic E-state index is -0.742. The maximum atomic E-state index is 12.8. The van der Waals surface area contributed by atoms with Crippen LogP contribution in [0.15, 0.2) is 21.3 Å². The van der Waals surface area contributed by atoms with Gasteiger partial charge in [-0.25, -0.2) is 4.68 Å². The fraction of sp³-hybridized carbons (Fsp3) is 0.571. The normalized spacial score (nSPS) is 17.0. The van der Waals surface area contributed by atoms with Crippen molar-refractivity contribution < 1.29 is 9.21 Å². The second-order valence-electron chi connectivity index (χ2n) is 7.79. The molecule has 0 radical (unpaired) electrons. The number of nitrogens with two attached hydrogens (primary N) is 1. The highest BCUT2D eigenvalue weighted by Crippen LogP contribution is 2.25. The molecule has 2 heterocycles. The summed E-state index contributed by atoms with van der Waals surface area (Å²) in [5.41, 5.74) is 6.84. The Morgan fingerprint density at radius 1 is 1.21 bits per heavy atom. The number of rotatable bonds is 4. The van der Waals surface area contributed by atoms with Gasteiger partial charge in [0.2, 0.25) is 5.91 Å². The zero-order chi connectivity index (χ0) is 20.3. The summed E-state index contributed by atoms with van der Waals surface area (Å²) in [6.45, 7) is 5.37. The highest BCUT2D eigenvalue weighted by molar-refractivity contribution is 5.80. The average molecular weight is 386 g/mol. The van der Waals surface area contributed by atoms with Crippen molar-refractivity contribution in [3.8, 4) is 11.3 Å². The Labute approximate surface area is 165 Å². The number of carbonyl (C=O) groups is 1. The van der Waals surface area contributed by atoms with Crippen LogP contribution < -0.4 is 16.6 Å². The van der Waals surface area contributed by atoms with E-state index in [0.29, 0.717) is 11.5 Å². The second-order valence-corrected chi connectivity index (χ2v) is 7.79. The SMILES string of the molecule is Cc1cc(-c2cc(N)c(=O)n([C@@H](C)C(=O)NC3CCCCCCC3)n2)c(C)o1. The smallest absolute Gasteiger partial charge is 0.290 e. The number of aryl methyl sites for hydroxylation is 2. The Morgan fingerprint density at radius 2 is 1.86 bits per heavy atom. The van der Waals surface area contributed by atoms with Gasteiger partial charge in [-0.15, -0.1) is 0 Å². The van der Waals surface area contributed by atoms with Crippen molar-refractivity contribution in [3.63, 3.8) is 0 Å². The first-order valence-electron chi connectivity index (χ1n) is 10.1. The zero-order valence-corrected chi connectivity index (χ0v) is 17.0. The Kier molecular flexibility index (Phi) is 6.21. The van der Waals surface area contributed by atoms with E-state index >= 15 is 0 Å². The number of furan rings is 1. The lowest BCUT2D eigenvalue weighted by atomic mass is 9.96. The lowest BCUT2D eigenvalue weighted by Crippen LogP contribution is -2.42. The summed E-state index contributed by atoms with van der Waals surface area (Å²) in [7, 11) is 0. The molecular formula is C21H30N4O3. The minimum absolute atomic E-state index is 0.0638. The van der Waals surface area contributed by atoms with E-state index in [1.807, 2.05) is 19.9 Å². The largest absolute Gasteiger partial charge is 0.466 e. The van der Waals surface area contributed by atoms with E-state index in [-0.39, 0.29) is 17.6 Å². The molecule has 7 nitrogen and oxygen atoms in total. The molecule has 1 fully saturated rings. The van der Waals surface area contributed by atoms with Gasteiger partial charge in [-0.05, 0) is 45.7 Å². The second kappa shape index (κ2) is 8.63. The van der Waals surface area contributed by atoms with Crippen LogP contribution >= 0.6 is 0 Å². The topological polar surface area (TPSA) is 103 Å². The van der Waals surface area contributed by atoms with Gasteiger partial charge in [-0.3, -0.25) is 9.59 Å². The first kappa shape index (κ1) is 20.2. The number of aromatic nitrogens is 2. The third kappa shape index (κ3) is 4.46. The number of hydrogen-bond acceptors (Lipinski definition) is 5. The van der Waals surface area contributed by atoms with E-state index in [1.54, 1.807) is 6.92 Å². The first-order chi connectivity index (χ1) is 13.4. The molecule has 0 spiro atoms. The van der Waals surface area contributed by atoms with Gasteiger partial charge in [0.25, 0.3) is 5.56 Å². The molecule has 0 unspecified atom stereocenters. The maximum absolute atomic E-state index is 12.8. The van der Waals surface area contributed by atoms with Gasteiger partial charge in [0.05, 0.1) is 5.69 Å². The van der Waals surface area contributed by atoms with Crippen molar-refractivity contribution in [3.05, 3.63) is 34.0 Å². The van der Waals surface area contributed by atoms with Gasteiger partial charge in [-0.1, -0.05) is 32.1 Å². The van der Waals surface area contributed by atoms with Gasteiger partial charge >= 0.3 is 0 Å². The first-order valence-corrected chi connectivity index (χ1v) is 10.1. The average Bonchev–Trinajstić information content (AvgIpc) is 2.97. The number of nitrogens with one attached hydrogen (secondary N) is 1. The van der Waals surface area contributed by atoms with Crippen molar-refractivity contribution in [1.82, 2.24) is 15.1 Å². The van der Waals surface area contributed by atoms with Crippen LogP contribution in [0.4, 0.5) is 5.69 Å². The monoisotopic (exact) mass is 386 g/mol. The van der Waals surface area contributed by atoms with Gasteiger partial charge in [0.1, 0.15) is 23.2 Å². The quantitative estimate of drug-likeness (QED) is 0.837. The molecule has 2 aromatic rings. The molecule has 1 atom stereocenters. The van der Waals surface area contributed by atoms with E-state index in [1.165, 1.54) is 30.0 Å². The molecule has 3 rings (SSSR count). The van der Waals surface area contributed by atoms with Crippen molar-refractivity contribution in [2.45, 2.75) is 77.8 Å². The van der Waals surface area contributed by atoms with E-state index in [2.05, 4.69) is 10.4 Å². The molecule has 0 saturated heterocycles. The summed E-state index contributed by atoms with van der Waals surface area (Å²) in [5, 5.41) is 7.54. The molecule has 3 N–H and O–H groups in total. The Balaban J connectivity index is 1.84. The van der Waals surface area contributed by atoms with Gasteiger partial charge in [0, 0.05) is 11.6 Å². The molecule has 28 heavy (non-hydrogen) atoms. The van der Waals surface area contributed by atoms with Crippen LogP contribution in [0, 0.1) is 13.8 Å². The van der Waals surface area contributed by atoms with E-state index in [4.69, 9.17) is 10.2 Å². The number of anilines is 1. The van der Waals surface area contributed by atoms with Gasteiger partial charge in [-0.2, -0.15) is 5.10 Å². The number of hydrogen-bond donors (Lipinski definition) is 2. The van der Waals surface area contributed by atoms with Crippen LogP contribution in [0.5, 0.6) is 0 Å². The fourth-order valence-corrected chi connectivity index (χ4v) is 3.84. The minimum Gasteiger partial charge on any atom is -0.466 e. The van der Waals surface area contributed by atoms with Crippen LogP contribution in [0.25, 0.3) is 11.3 Å².